The minimum Gasteiger partial charge on any atom is -0.480 e. The fraction of sp³-hybridized carbons (Fsp3) is 0.381. The van der Waals surface area contributed by atoms with E-state index >= 15 is 0 Å². The lowest BCUT2D eigenvalue weighted by Crippen LogP contribution is -2.51. The number of rotatable bonds is 3. The Labute approximate surface area is 158 Å². The first-order valence-electron chi connectivity index (χ1n) is 9.40. The second kappa shape index (κ2) is 6.78. The van der Waals surface area contributed by atoms with Crippen LogP contribution in [-0.4, -0.2) is 54.8 Å². The van der Waals surface area contributed by atoms with Gasteiger partial charge in [0.15, 0.2) is 17.6 Å². The van der Waals surface area contributed by atoms with Gasteiger partial charge < -0.3 is 19.1 Å². The zero-order chi connectivity index (χ0) is 18.2. The molecule has 6 heteroatoms. The van der Waals surface area contributed by atoms with Crippen molar-refractivity contribution in [3.63, 3.8) is 0 Å². The van der Waals surface area contributed by atoms with Gasteiger partial charge in [-0.25, -0.2) is 0 Å². The molecule has 27 heavy (non-hydrogen) atoms. The number of fused-ring (bicyclic) bond motifs is 2. The summed E-state index contributed by atoms with van der Waals surface area (Å²) in [7, 11) is 0. The minimum atomic E-state index is -0.372. The highest BCUT2D eigenvalue weighted by atomic mass is 16.7. The molecule has 3 aliphatic rings. The highest BCUT2D eigenvalue weighted by molar-refractivity contribution is 5.82. The first kappa shape index (κ1) is 16.4. The first-order valence-corrected chi connectivity index (χ1v) is 9.40. The van der Waals surface area contributed by atoms with Crippen LogP contribution in [0.5, 0.6) is 17.2 Å². The summed E-state index contributed by atoms with van der Waals surface area (Å²) in [5.74, 6) is 2.58. The number of amides is 1. The van der Waals surface area contributed by atoms with Gasteiger partial charge in [0.05, 0.1) is 0 Å². The summed E-state index contributed by atoms with van der Waals surface area (Å²) < 4.78 is 16.7. The molecule has 1 fully saturated rings. The Morgan fingerprint density at radius 2 is 1.78 bits per heavy atom. The topological polar surface area (TPSA) is 51.2 Å². The molecule has 1 amide bonds. The highest BCUT2D eigenvalue weighted by Crippen LogP contribution is 2.33. The molecule has 0 radical (unpaired) electrons. The van der Waals surface area contributed by atoms with E-state index in [4.69, 9.17) is 14.2 Å². The predicted molar refractivity (Wildman–Crippen MR) is 99.0 cm³/mol. The molecule has 3 aliphatic heterocycles. The Hall–Kier alpha value is -2.73. The number of benzene rings is 2. The minimum absolute atomic E-state index is 0.105. The third kappa shape index (κ3) is 3.21. The first-order chi connectivity index (χ1) is 13.3. The van der Waals surface area contributed by atoms with E-state index in [1.165, 1.54) is 5.56 Å². The Morgan fingerprint density at radius 3 is 2.63 bits per heavy atom. The third-order valence-electron chi connectivity index (χ3n) is 5.45. The fourth-order valence-corrected chi connectivity index (χ4v) is 3.95. The Bertz CT molecular complexity index is 836. The van der Waals surface area contributed by atoms with E-state index in [2.05, 4.69) is 11.0 Å². The van der Waals surface area contributed by atoms with Gasteiger partial charge in [0.2, 0.25) is 6.79 Å². The van der Waals surface area contributed by atoms with E-state index in [9.17, 15) is 4.79 Å². The average molecular weight is 366 g/mol. The predicted octanol–water partition coefficient (Wildman–Crippen LogP) is 2.06. The van der Waals surface area contributed by atoms with E-state index in [1.54, 1.807) is 0 Å². The van der Waals surface area contributed by atoms with Crippen molar-refractivity contribution in [1.82, 2.24) is 9.80 Å². The Balaban J connectivity index is 1.16. The maximum Gasteiger partial charge on any atom is 0.264 e. The third-order valence-corrected chi connectivity index (χ3v) is 5.45. The largest absolute Gasteiger partial charge is 0.480 e. The number of carbonyl (C=O) groups is 1. The van der Waals surface area contributed by atoms with E-state index in [-0.39, 0.29) is 12.0 Å². The van der Waals surface area contributed by atoms with Gasteiger partial charge in [-0.2, -0.15) is 0 Å². The van der Waals surface area contributed by atoms with Crippen LogP contribution >= 0.6 is 0 Å². The average Bonchev–Trinajstić information content (AvgIpc) is 3.34. The summed E-state index contributed by atoms with van der Waals surface area (Å²) in [5, 5.41) is 0. The van der Waals surface area contributed by atoms with Crippen LogP contribution < -0.4 is 14.2 Å². The molecule has 0 bridgehead atoms. The number of para-hydroxylation sites is 1. The molecule has 140 valence electrons. The van der Waals surface area contributed by atoms with Crippen molar-refractivity contribution in [3.8, 4) is 17.2 Å². The molecule has 0 unspecified atom stereocenters. The van der Waals surface area contributed by atoms with Gasteiger partial charge >= 0.3 is 0 Å². The monoisotopic (exact) mass is 366 g/mol. The van der Waals surface area contributed by atoms with Crippen LogP contribution in [0.1, 0.15) is 11.1 Å². The number of piperazine rings is 1. The summed E-state index contributed by atoms with van der Waals surface area (Å²) in [5.41, 5.74) is 2.32. The zero-order valence-corrected chi connectivity index (χ0v) is 15.1. The SMILES string of the molecule is O=C([C@H]1Cc2ccccc2O1)N1CCN(Cc2ccc3c(c2)OCO3)CC1. The quantitative estimate of drug-likeness (QED) is 0.832. The molecule has 0 N–H and O–H groups in total. The lowest BCUT2D eigenvalue weighted by molar-refractivity contribution is -0.139. The number of hydrogen-bond donors (Lipinski definition) is 0. The van der Waals surface area contributed by atoms with Crippen molar-refractivity contribution < 1.29 is 19.0 Å². The summed E-state index contributed by atoms with van der Waals surface area (Å²) >= 11 is 0. The van der Waals surface area contributed by atoms with Crippen molar-refractivity contribution in [3.05, 3.63) is 53.6 Å². The molecule has 6 nitrogen and oxygen atoms in total. The zero-order valence-electron chi connectivity index (χ0n) is 15.1. The van der Waals surface area contributed by atoms with Crippen LogP contribution in [0.3, 0.4) is 0 Å². The smallest absolute Gasteiger partial charge is 0.264 e. The van der Waals surface area contributed by atoms with Crippen molar-refractivity contribution >= 4 is 5.91 Å². The van der Waals surface area contributed by atoms with Crippen molar-refractivity contribution in [1.29, 1.82) is 0 Å². The Morgan fingerprint density at radius 1 is 0.963 bits per heavy atom. The molecule has 3 heterocycles. The number of ether oxygens (including phenoxy) is 3. The second-order valence-corrected chi connectivity index (χ2v) is 7.21. The maximum absolute atomic E-state index is 12.8. The molecule has 1 atom stereocenters. The molecular weight excluding hydrogens is 344 g/mol. The fourth-order valence-electron chi connectivity index (χ4n) is 3.95. The summed E-state index contributed by atoms with van der Waals surface area (Å²) in [6.45, 7) is 4.34. The molecule has 2 aromatic rings. The van der Waals surface area contributed by atoms with Crippen LogP contribution in [0.4, 0.5) is 0 Å². The lowest BCUT2D eigenvalue weighted by atomic mass is 10.1. The molecular formula is C21H22N2O4. The van der Waals surface area contributed by atoms with Crippen molar-refractivity contribution in [2.45, 2.75) is 19.1 Å². The van der Waals surface area contributed by atoms with E-state index in [1.807, 2.05) is 41.3 Å². The molecule has 0 saturated carbocycles. The van der Waals surface area contributed by atoms with Gasteiger partial charge in [0.25, 0.3) is 5.91 Å². The molecule has 0 spiro atoms. The van der Waals surface area contributed by atoms with Crippen molar-refractivity contribution in [2.24, 2.45) is 0 Å². The van der Waals surface area contributed by atoms with Crippen molar-refractivity contribution in [2.75, 3.05) is 33.0 Å². The Kier molecular flexibility index (Phi) is 4.13. The van der Waals surface area contributed by atoms with Crippen LogP contribution in [0, 0.1) is 0 Å². The van der Waals surface area contributed by atoms with Gasteiger partial charge in [-0.15, -0.1) is 0 Å². The molecule has 0 aliphatic carbocycles. The van der Waals surface area contributed by atoms with Crippen LogP contribution in [-0.2, 0) is 17.8 Å². The molecule has 0 aromatic heterocycles. The second-order valence-electron chi connectivity index (χ2n) is 7.21. The van der Waals surface area contributed by atoms with E-state index < -0.39 is 0 Å². The maximum atomic E-state index is 12.8. The number of carbonyl (C=O) groups excluding carboxylic acids is 1. The van der Waals surface area contributed by atoms with E-state index in [0.29, 0.717) is 13.2 Å². The van der Waals surface area contributed by atoms with Crippen LogP contribution in [0.25, 0.3) is 0 Å². The molecule has 5 rings (SSSR count). The summed E-state index contributed by atoms with van der Waals surface area (Å²) in [6.07, 6.45) is 0.301. The molecule has 1 saturated heterocycles. The van der Waals surface area contributed by atoms with E-state index in [0.717, 1.165) is 55.5 Å². The van der Waals surface area contributed by atoms with Gasteiger partial charge in [0.1, 0.15) is 5.75 Å². The van der Waals surface area contributed by atoms with Crippen LogP contribution in [0.2, 0.25) is 0 Å². The van der Waals surface area contributed by atoms with Gasteiger partial charge in [0, 0.05) is 39.1 Å². The number of hydrogen-bond acceptors (Lipinski definition) is 5. The van der Waals surface area contributed by atoms with Gasteiger partial charge in [-0.05, 0) is 29.3 Å². The summed E-state index contributed by atoms with van der Waals surface area (Å²) in [4.78, 5) is 17.1. The number of nitrogens with zero attached hydrogens (tertiary/aromatic N) is 2. The lowest BCUT2D eigenvalue weighted by Gasteiger charge is -2.35. The summed E-state index contributed by atoms with van der Waals surface area (Å²) in [6, 6.07) is 14.0. The molecule has 2 aromatic carbocycles. The van der Waals surface area contributed by atoms with Gasteiger partial charge in [-0.1, -0.05) is 24.3 Å². The normalized spacial score (nSPS) is 21.0. The van der Waals surface area contributed by atoms with Gasteiger partial charge in [-0.3, -0.25) is 9.69 Å². The van der Waals surface area contributed by atoms with Crippen LogP contribution in [0.15, 0.2) is 42.5 Å². The highest BCUT2D eigenvalue weighted by Gasteiger charge is 2.33. The standard InChI is InChI=1S/C21H22N2O4/c24-21(20-12-16-3-1-2-4-17(16)27-20)23-9-7-22(8-10-23)13-15-5-6-18-19(11-15)26-14-25-18/h1-6,11,20H,7-10,12-14H2/t20-/m1/s1.